The van der Waals surface area contributed by atoms with Gasteiger partial charge in [-0.15, -0.1) is 0 Å². The third-order valence-electron chi connectivity index (χ3n) is 3.23. The van der Waals surface area contributed by atoms with Crippen molar-refractivity contribution in [1.82, 2.24) is 10.2 Å². The van der Waals surface area contributed by atoms with Crippen molar-refractivity contribution < 1.29 is 19.4 Å². The first-order valence-electron chi connectivity index (χ1n) is 6.30. The highest BCUT2D eigenvalue weighted by Crippen LogP contribution is 2.15. The minimum Gasteiger partial charge on any atom is -0.480 e. The van der Waals surface area contributed by atoms with Crippen LogP contribution in [0.2, 0.25) is 0 Å². The van der Waals surface area contributed by atoms with Gasteiger partial charge in [0.05, 0.1) is 19.3 Å². The van der Waals surface area contributed by atoms with Crippen LogP contribution in [0.4, 0.5) is 4.79 Å². The minimum absolute atomic E-state index is 0.0292. The first kappa shape index (κ1) is 14.8. The van der Waals surface area contributed by atoms with Crippen LogP contribution >= 0.6 is 0 Å². The van der Waals surface area contributed by atoms with Gasteiger partial charge in [-0.2, -0.15) is 0 Å². The number of rotatable bonds is 4. The molecule has 0 aromatic rings. The second-order valence-corrected chi connectivity index (χ2v) is 4.93. The number of carboxylic acid groups (broad SMARTS) is 1. The van der Waals surface area contributed by atoms with E-state index < -0.39 is 11.5 Å². The highest BCUT2D eigenvalue weighted by Gasteiger charge is 2.36. The van der Waals surface area contributed by atoms with Crippen LogP contribution in [0.3, 0.4) is 0 Å². The van der Waals surface area contributed by atoms with Crippen molar-refractivity contribution in [3.63, 3.8) is 0 Å². The fourth-order valence-electron chi connectivity index (χ4n) is 2.06. The van der Waals surface area contributed by atoms with Crippen LogP contribution in [0.25, 0.3) is 0 Å². The number of carboxylic acids is 1. The summed E-state index contributed by atoms with van der Waals surface area (Å²) in [5, 5.41) is 11.8. The van der Waals surface area contributed by atoms with Gasteiger partial charge < -0.3 is 20.1 Å². The van der Waals surface area contributed by atoms with E-state index in [9.17, 15) is 14.7 Å². The van der Waals surface area contributed by atoms with Crippen LogP contribution in [-0.2, 0) is 9.53 Å². The molecule has 2 atom stereocenters. The van der Waals surface area contributed by atoms with E-state index in [2.05, 4.69) is 5.32 Å². The van der Waals surface area contributed by atoms with Gasteiger partial charge in [0.2, 0.25) is 0 Å². The molecule has 0 radical (unpaired) electrons. The Bertz CT molecular complexity index is 321. The highest BCUT2D eigenvalue weighted by atomic mass is 16.5. The number of amides is 2. The lowest BCUT2D eigenvalue weighted by Gasteiger charge is -2.36. The van der Waals surface area contributed by atoms with E-state index in [1.54, 1.807) is 11.8 Å². The largest absolute Gasteiger partial charge is 0.480 e. The van der Waals surface area contributed by atoms with Crippen LogP contribution in [0, 0.1) is 0 Å². The molecule has 2 N–H and O–H groups in total. The Balaban J connectivity index is 2.68. The quantitative estimate of drug-likeness (QED) is 0.790. The topological polar surface area (TPSA) is 78.9 Å². The standard InChI is InChI=1S/C12H22N2O4/c1-4-5-12(3,10(15)16)13-11(17)14-6-7-18-8-9(14)2/h9H,4-8H2,1-3H3,(H,13,17)(H,15,16). The van der Waals surface area contributed by atoms with Crippen LogP contribution in [0.1, 0.15) is 33.6 Å². The Hall–Kier alpha value is -1.30. The molecule has 0 spiro atoms. The zero-order chi connectivity index (χ0) is 13.8. The Morgan fingerprint density at radius 3 is 2.72 bits per heavy atom. The molecule has 0 saturated carbocycles. The van der Waals surface area contributed by atoms with Gasteiger partial charge in [-0.1, -0.05) is 13.3 Å². The maximum Gasteiger partial charge on any atom is 0.329 e. The number of carbonyl (C=O) groups excluding carboxylic acids is 1. The summed E-state index contributed by atoms with van der Waals surface area (Å²) in [6.45, 7) is 6.80. The highest BCUT2D eigenvalue weighted by molar-refractivity contribution is 5.86. The summed E-state index contributed by atoms with van der Waals surface area (Å²) >= 11 is 0. The number of nitrogens with one attached hydrogen (secondary N) is 1. The summed E-state index contributed by atoms with van der Waals surface area (Å²) in [6.07, 6.45) is 1.11. The molecule has 1 aliphatic heterocycles. The number of hydrogen-bond donors (Lipinski definition) is 2. The van der Waals surface area contributed by atoms with Crippen molar-refractivity contribution in [3.8, 4) is 0 Å². The lowest BCUT2D eigenvalue weighted by atomic mass is 9.96. The predicted molar refractivity (Wildman–Crippen MR) is 66.5 cm³/mol. The fraction of sp³-hybridized carbons (Fsp3) is 0.833. The molecular weight excluding hydrogens is 236 g/mol. The molecule has 0 bridgehead atoms. The molecule has 0 aliphatic carbocycles. The Kier molecular flexibility index (Phi) is 4.95. The second kappa shape index (κ2) is 6.04. The Morgan fingerprint density at radius 1 is 1.56 bits per heavy atom. The van der Waals surface area contributed by atoms with Gasteiger partial charge in [0, 0.05) is 6.54 Å². The number of nitrogens with zero attached hydrogens (tertiary/aromatic N) is 1. The number of aliphatic carboxylic acids is 1. The maximum atomic E-state index is 12.1. The smallest absolute Gasteiger partial charge is 0.329 e. The summed E-state index contributed by atoms with van der Waals surface area (Å²) in [5.74, 6) is -1.00. The van der Waals surface area contributed by atoms with E-state index in [1.165, 1.54) is 0 Å². The Labute approximate surface area is 107 Å². The van der Waals surface area contributed by atoms with Gasteiger partial charge >= 0.3 is 12.0 Å². The molecule has 2 unspecified atom stereocenters. The number of morpholine rings is 1. The molecule has 1 aliphatic rings. The molecule has 0 aromatic carbocycles. The van der Waals surface area contributed by atoms with E-state index in [4.69, 9.17) is 4.74 Å². The van der Waals surface area contributed by atoms with E-state index in [-0.39, 0.29) is 12.1 Å². The summed E-state index contributed by atoms with van der Waals surface area (Å²) in [6, 6.07) is -0.359. The average Bonchev–Trinajstić information content (AvgIpc) is 2.29. The zero-order valence-electron chi connectivity index (χ0n) is 11.2. The van der Waals surface area contributed by atoms with Gasteiger partial charge in [0.15, 0.2) is 0 Å². The SMILES string of the molecule is CCCC(C)(NC(=O)N1CCOCC1C)C(=O)O. The predicted octanol–water partition coefficient (Wildman–Crippen LogP) is 1.06. The molecule has 2 amide bonds. The first-order valence-corrected chi connectivity index (χ1v) is 6.30. The maximum absolute atomic E-state index is 12.1. The van der Waals surface area contributed by atoms with Crippen molar-refractivity contribution in [2.75, 3.05) is 19.8 Å². The lowest BCUT2D eigenvalue weighted by Crippen LogP contribution is -2.59. The molecule has 1 saturated heterocycles. The molecule has 1 heterocycles. The van der Waals surface area contributed by atoms with Gasteiger partial charge in [-0.3, -0.25) is 0 Å². The summed E-state index contributed by atoms with van der Waals surface area (Å²) in [4.78, 5) is 25.0. The van der Waals surface area contributed by atoms with Crippen LogP contribution in [0.5, 0.6) is 0 Å². The van der Waals surface area contributed by atoms with Crippen molar-refractivity contribution >= 4 is 12.0 Å². The molecule has 1 rings (SSSR count). The number of urea groups is 1. The number of hydrogen-bond acceptors (Lipinski definition) is 3. The fourth-order valence-corrected chi connectivity index (χ4v) is 2.06. The van der Waals surface area contributed by atoms with Crippen molar-refractivity contribution in [2.24, 2.45) is 0 Å². The summed E-state index contributed by atoms with van der Waals surface area (Å²) in [7, 11) is 0. The monoisotopic (exact) mass is 258 g/mol. The van der Waals surface area contributed by atoms with Crippen molar-refractivity contribution in [1.29, 1.82) is 0 Å². The summed E-state index contributed by atoms with van der Waals surface area (Å²) < 4.78 is 5.25. The third-order valence-corrected chi connectivity index (χ3v) is 3.23. The van der Waals surface area contributed by atoms with E-state index >= 15 is 0 Å². The van der Waals surface area contributed by atoms with Crippen molar-refractivity contribution in [3.05, 3.63) is 0 Å². The molecular formula is C12H22N2O4. The second-order valence-electron chi connectivity index (χ2n) is 4.93. The zero-order valence-corrected chi connectivity index (χ0v) is 11.2. The van der Waals surface area contributed by atoms with Gasteiger partial charge in [0.25, 0.3) is 0 Å². The lowest BCUT2D eigenvalue weighted by molar-refractivity contribution is -0.144. The molecule has 18 heavy (non-hydrogen) atoms. The molecule has 6 nitrogen and oxygen atoms in total. The van der Waals surface area contributed by atoms with Gasteiger partial charge in [-0.25, -0.2) is 9.59 Å². The van der Waals surface area contributed by atoms with Crippen LogP contribution < -0.4 is 5.32 Å². The minimum atomic E-state index is -1.20. The average molecular weight is 258 g/mol. The molecule has 6 heteroatoms. The van der Waals surface area contributed by atoms with Gasteiger partial charge in [-0.05, 0) is 20.3 Å². The van der Waals surface area contributed by atoms with Gasteiger partial charge in [0.1, 0.15) is 5.54 Å². The number of carbonyl (C=O) groups is 2. The summed E-state index contributed by atoms with van der Waals surface area (Å²) in [5.41, 5.74) is -1.20. The van der Waals surface area contributed by atoms with Crippen LogP contribution in [-0.4, -0.2) is 53.3 Å². The Morgan fingerprint density at radius 2 is 2.22 bits per heavy atom. The molecule has 0 aromatic heterocycles. The first-order chi connectivity index (χ1) is 8.40. The normalized spacial score (nSPS) is 23.3. The number of ether oxygens (including phenoxy) is 1. The van der Waals surface area contributed by atoms with E-state index in [1.807, 2.05) is 13.8 Å². The molecule has 104 valence electrons. The van der Waals surface area contributed by atoms with E-state index in [0.29, 0.717) is 32.6 Å². The van der Waals surface area contributed by atoms with Crippen molar-refractivity contribution in [2.45, 2.75) is 45.2 Å². The van der Waals surface area contributed by atoms with E-state index in [0.717, 1.165) is 0 Å². The third kappa shape index (κ3) is 3.35. The van der Waals surface area contributed by atoms with Crippen LogP contribution in [0.15, 0.2) is 0 Å². The molecule has 1 fully saturated rings.